The van der Waals surface area contributed by atoms with Crippen molar-refractivity contribution in [1.29, 1.82) is 0 Å². The Kier molecular flexibility index (Phi) is 4.35. The van der Waals surface area contributed by atoms with E-state index in [1.165, 1.54) is 4.68 Å². The van der Waals surface area contributed by atoms with Crippen LogP contribution in [0.5, 0.6) is 0 Å². The normalized spacial score (nSPS) is 12.4. The maximum atomic E-state index is 11.0. The minimum Gasteiger partial charge on any atom is -0.476 e. The zero-order chi connectivity index (χ0) is 15.6. The van der Waals surface area contributed by atoms with Crippen molar-refractivity contribution in [2.45, 2.75) is 33.1 Å². The fraction of sp³-hybridized carbons (Fsp3) is 0.357. The van der Waals surface area contributed by atoms with E-state index in [1.54, 1.807) is 0 Å². The molecule has 0 aliphatic carbocycles. The highest BCUT2D eigenvalue weighted by atomic mass is 16.4. The maximum absolute atomic E-state index is 11.0. The number of hydrogen-bond donors (Lipinski definition) is 3. The van der Waals surface area contributed by atoms with Crippen molar-refractivity contribution >= 4 is 5.97 Å². The molecule has 0 aliphatic heterocycles. The van der Waals surface area contributed by atoms with E-state index in [0.29, 0.717) is 0 Å². The van der Waals surface area contributed by atoms with Crippen LogP contribution in [0.2, 0.25) is 0 Å². The predicted octanol–water partition coefficient (Wildman–Crippen LogP) is 0.819. The second-order valence-electron chi connectivity index (χ2n) is 4.91. The van der Waals surface area contributed by atoms with Crippen LogP contribution in [-0.4, -0.2) is 36.3 Å². The fourth-order valence-electron chi connectivity index (χ4n) is 2.26. The van der Waals surface area contributed by atoms with Gasteiger partial charge in [-0.1, -0.05) is 29.0 Å². The van der Waals surface area contributed by atoms with Crippen LogP contribution in [0.1, 0.15) is 39.0 Å². The van der Waals surface area contributed by atoms with Crippen LogP contribution < -0.4 is 0 Å². The van der Waals surface area contributed by atoms with E-state index in [0.717, 1.165) is 16.7 Å². The van der Waals surface area contributed by atoms with Gasteiger partial charge < -0.3 is 15.3 Å². The highest BCUT2D eigenvalue weighted by molar-refractivity contribution is 5.86. The Labute approximate surface area is 121 Å². The molecular weight excluding hydrogens is 274 g/mol. The van der Waals surface area contributed by atoms with Crippen molar-refractivity contribution in [2.75, 3.05) is 0 Å². The SMILES string of the molecule is Cc1ccc([C@@H](O)Cn2nnc(C(=O)O)c2CO)c(C)c1. The molecule has 1 aromatic carbocycles. The molecule has 0 unspecified atom stereocenters. The van der Waals surface area contributed by atoms with Crippen molar-refractivity contribution in [3.63, 3.8) is 0 Å². The molecule has 0 fully saturated rings. The van der Waals surface area contributed by atoms with Crippen LogP contribution >= 0.6 is 0 Å². The smallest absolute Gasteiger partial charge is 0.358 e. The number of nitrogens with zero attached hydrogens (tertiary/aromatic N) is 3. The molecule has 1 heterocycles. The van der Waals surface area contributed by atoms with Crippen LogP contribution in [0.15, 0.2) is 18.2 Å². The number of aromatic nitrogens is 3. The van der Waals surface area contributed by atoms with Crippen molar-refractivity contribution in [1.82, 2.24) is 15.0 Å². The van der Waals surface area contributed by atoms with Gasteiger partial charge >= 0.3 is 5.97 Å². The van der Waals surface area contributed by atoms with Gasteiger partial charge in [0.05, 0.1) is 24.9 Å². The van der Waals surface area contributed by atoms with Crippen molar-refractivity contribution in [3.8, 4) is 0 Å². The summed E-state index contributed by atoms with van der Waals surface area (Å²) in [5.41, 5.74) is 2.54. The summed E-state index contributed by atoms with van der Waals surface area (Å²) in [5.74, 6) is -1.26. The topological polar surface area (TPSA) is 108 Å². The fourth-order valence-corrected chi connectivity index (χ4v) is 2.26. The molecule has 0 radical (unpaired) electrons. The number of carboxylic acid groups (broad SMARTS) is 1. The molecule has 112 valence electrons. The first-order chi connectivity index (χ1) is 9.93. The van der Waals surface area contributed by atoms with Gasteiger partial charge in [-0.3, -0.25) is 0 Å². The molecule has 1 atom stereocenters. The number of hydrogen-bond acceptors (Lipinski definition) is 5. The molecule has 0 saturated carbocycles. The standard InChI is InChI=1S/C14H17N3O4/c1-8-3-4-10(9(2)5-8)12(19)6-17-11(7-18)13(14(20)21)15-16-17/h3-5,12,18-19H,6-7H2,1-2H3,(H,20,21)/t12-/m0/s1. The van der Waals surface area contributed by atoms with Gasteiger partial charge in [0.2, 0.25) is 0 Å². The quantitative estimate of drug-likeness (QED) is 0.752. The summed E-state index contributed by atoms with van der Waals surface area (Å²) in [4.78, 5) is 11.0. The van der Waals surface area contributed by atoms with E-state index in [1.807, 2.05) is 32.0 Å². The number of aliphatic hydroxyl groups excluding tert-OH is 2. The summed E-state index contributed by atoms with van der Waals surface area (Å²) in [6.07, 6.45) is -0.862. The van der Waals surface area contributed by atoms with Crippen LogP contribution in [-0.2, 0) is 13.2 Å². The molecule has 0 saturated heterocycles. The largest absolute Gasteiger partial charge is 0.476 e. The third kappa shape index (κ3) is 3.09. The summed E-state index contributed by atoms with van der Waals surface area (Å²) < 4.78 is 1.22. The predicted molar refractivity (Wildman–Crippen MR) is 73.8 cm³/mol. The Bertz CT molecular complexity index is 666. The molecule has 0 spiro atoms. The van der Waals surface area contributed by atoms with E-state index in [9.17, 15) is 15.0 Å². The highest BCUT2D eigenvalue weighted by Crippen LogP contribution is 2.21. The Morgan fingerprint density at radius 1 is 1.38 bits per heavy atom. The number of carboxylic acids is 1. The van der Waals surface area contributed by atoms with Gasteiger partial charge in [0, 0.05) is 0 Å². The molecular formula is C14H17N3O4. The first kappa shape index (κ1) is 15.1. The third-order valence-corrected chi connectivity index (χ3v) is 3.32. The second kappa shape index (κ2) is 6.02. The zero-order valence-electron chi connectivity index (χ0n) is 11.8. The molecule has 7 heteroatoms. The molecule has 21 heavy (non-hydrogen) atoms. The number of carbonyl (C=O) groups is 1. The summed E-state index contributed by atoms with van der Waals surface area (Å²) in [5, 5.41) is 35.7. The van der Waals surface area contributed by atoms with Crippen LogP contribution in [0, 0.1) is 13.8 Å². The highest BCUT2D eigenvalue weighted by Gasteiger charge is 2.20. The Morgan fingerprint density at radius 3 is 2.67 bits per heavy atom. The first-order valence-corrected chi connectivity index (χ1v) is 6.45. The van der Waals surface area contributed by atoms with Gasteiger partial charge in [-0.2, -0.15) is 0 Å². The van der Waals surface area contributed by atoms with E-state index in [-0.39, 0.29) is 17.9 Å². The number of rotatable bonds is 5. The average molecular weight is 291 g/mol. The Morgan fingerprint density at radius 2 is 2.10 bits per heavy atom. The Balaban J connectivity index is 2.27. The molecule has 1 aromatic heterocycles. The van der Waals surface area contributed by atoms with Gasteiger partial charge in [0.15, 0.2) is 5.69 Å². The molecule has 0 aliphatic rings. The van der Waals surface area contributed by atoms with Gasteiger partial charge in [-0.25, -0.2) is 9.48 Å². The summed E-state index contributed by atoms with van der Waals surface area (Å²) in [7, 11) is 0. The monoisotopic (exact) mass is 291 g/mol. The third-order valence-electron chi connectivity index (χ3n) is 3.32. The molecule has 2 rings (SSSR count). The minimum absolute atomic E-state index is 0.0279. The minimum atomic E-state index is -1.26. The lowest BCUT2D eigenvalue weighted by Gasteiger charge is -2.15. The van der Waals surface area contributed by atoms with Crippen molar-refractivity contribution in [2.24, 2.45) is 0 Å². The molecule has 2 aromatic rings. The summed E-state index contributed by atoms with van der Waals surface area (Å²) in [6, 6.07) is 5.67. The lowest BCUT2D eigenvalue weighted by molar-refractivity contribution is 0.0685. The number of benzene rings is 1. The second-order valence-corrected chi connectivity index (χ2v) is 4.91. The van der Waals surface area contributed by atoms with Crippen LogP contribution in [0.4, 0.5) is 0 Å². The lowest BCUT2D eigenvalue weighted by Crippen LogP contribution is -2.15. The van der Waals surface area contributed by atoms with Gasteiger partial charge in [0.25, 0.3) is 0 Å². The van der Waals surface area contributed by atoms with E-state index < -0.39 is 18.7 Å². The van der Waals surface area contributed by atoms with Gasteiger partial charge in [-0.15, -0.1) is 5.10 Å². The number of aryl methyl sites for hydroxylation is 2. The molecule has 0 bridgehead atoms. The average Bonchev–Trinajstić information content (AvgIpc) is 2.81. The Hall–Kier alpha value is -2.25. The maximum Gasteiger partial charge on any atom is 0.358 e. The number of aromatic carboxylic acids is 1. The summed E-state index contributed by atoms with van der Waals surface area (Å²) >= 11 is 0. The van der Waals surface area contributed by atoms with E-state index in [4.69, 9.17) is 5.11 Å². The van der Waals surface area contributed by atoms with Gasteiger partial charge in [-0.05, 0) is 25.0 Å². The first-order valence-electron chi connectivity index (χ1n) is 6.45. The molecule has 0 amide bonds. The van der Waals surface area contributed by atoms with E-state index >= 15 is 0 Å². The lowest BCUT2D eigenvalue weighted by atomic mass is 10.0. The van der Waals surface area contributed by atoms with Gasteiger partial charge in [0.1, 0.15) is 0 Å². The van der Waals surface area contributed by atoms with Crippen molar-refractivity contribution < 1.29 is 20.1 Å². The zero-order valence-corrected chi connectivity index (χ0v) is 11.8. The summed E-state index contributed by atoms with van der Waals surface area (Å²) in [6.45, 7) is 3.38. The van der Waals surface area contributed by atoms with E-state index in [2.05, 4.69) is 10.3 Å². The van der Waals surface area contributed by atoms with Crippen LogP contribution in [0.25, 0.3) is 0 Å². The molecule has 3 N–H and O–H groups in total. The van der Waals surface area contributed by atoms with Crippen LogP contribution in [0.3, 0.4) is 0 Å². The van der Waals surface area contributed by atoms with Crippen molar-refractivity contribution in [3.05, 3.63) is 46.3 Å². The molecule has 7 nitrogen and oxygen atoms in total. The number of aliphatic hydroxyl groups is 2.